The predicted molar refractivity (Wildman–Crippen MR) is 48.1 cm³/mol. The first kappa shape index (κ1) is 7.46. The van der Waals surface area contributed by atoms with Crippen LogP contribution in [0, 0.1) is 0 Å². The molecule has 0 bridgehead atoms. The van der Waals surface area contributed by atoms with Crippen molar-refractivity contribution in [3.05, 3.63) is 11.5 Å². The molecule has 0 spiro atoms. The summed E-state index contributed by atoms with van der Waals surface area (Å²) in [6, 6.07) is 0. The second-order valence-corrected chi connectivity index (χ2v) is 3.30. The molecule has 66 valence electrons. The zero-order valence-electron chi connectivity index (χ0n) is 7.25. The minimum atomic E-state index is 0.567. The third-order valence-electron chi connectivity index (χ3n) is 2.33. The van der Waals surface area contributed by atoms with Gasteiger partial charge in [-0.15, -0.1) is 0 Å². The van der Waals surface area contributed by atoms with Crippen LogP contribution in [-0.2, 0) is 6.42 Å². The Kier molecular flexibility index (Phi) is 1.49. The number of hydrogen-bond acceptors (Lipinski definition) is 3. The number of nitrogens with two attached hydrogens (primary N) is 2. The van der Waals surface area contributed by atoms with Crippen LogP contribution in [0.1, 0.15) is 37.2 Å². The van der Waals surface area contributed by atoms with Crippen molar-refractivity contribution in [3.63, 3.8) is 0 Å². The lowest BCUT2D eigenvalue weighted by atomic mass is 10.3. The van der Waals surface area contributed by atoms with Crippen LogP contribution >= 0.6 is 0 Å². The number of nitrogen functional groups attached to an aromatic ring is 2. The van der Waals surface area contributed by atoms with Crippen LogP contribution < -0.4 is 11.6 Å². The Balaban J connectivity index is 2.41. The highest BCUT2D eigenvalue weighted by atomic mass is 15.4. The van der Waals surface area contributed by atoms with E-state index in [9.17, 15) is 0 Å². The molecule has 1 aliphatic rings. The van der Waals surface area contributed by atoms with Gasteiger partial charge in [0.05, 0.1) is 5.69 Å². The Hall–Kier alpha value is -1.19. The van der Waals surface area contributed by atoms with Crippen molar-refractivity contribution in [2.75, 3.05) is 11.6 Å². The highest BCUT2D eigenvalue weighted by Crippen LogP contribution is 2.39. The van der Waals surface area contributed by atoms with Gasteiger partial charge in [-0.2, -0.15) is 0 Å². The molecule has 1 aromatic rings. The standard InChI is InChI=1S/C8H14N4/c1-2-6-7(9)12(10)8(11-6)5-3-4-5/h5H,2-4,9-10H2,1H3. The maximum atomic E-state index is 5.75. The molecule has 4 N–H and O–H groups in total. The van der Waals surface area contributed by atoms with Gasteiger partial charge < -0.3 is 11.6 Å². The number of nitrogens with zero attached hydrogens (tertiary/aromatic N) is 2. The van der Waals surface area contributed by atoms with Gasteiger partial charge in [0.15, 0.2) is 0 Å². The van der Waals surface area contributed by atoms with Crippen LogP contribution in [0.15, 0.2) is 0 Å². The fourth-order valence-electron chi connectivity index (χ4n) is 1.40. The molecule has 4 nitrogen and oxygen atoms in total. The van der Waals surface area contributed by atoms with Crippen molar-refractivity contribution in [1.82, 2.24) is 9.66 Å². The fourth-order valence-corrected chi connectivity index (χ4v) is 1.40. The molecule has 1 fully saturated rings. The van der Waals surface area contributed by atoms with E-state index in [0.717, 1.165) is 17.9 Å². The molecule has 0 atom stereocenters. The first-order valence-electron chi connectivity index (χ1n) is 4.36. The smallest absolute Gasteiger partial charge is 0.145 e. The van der Waals surface area contributed by atoms with Gasteiger partial charge in [0.2, 0.25) is 0 Å². The Morgan fingerprint density at radius 3 is 2.67 bits per heavy atom. The molecule has 1 aromatic heterocycles. The number of anilines is 1. The van der Waals surface area contributed by atoms with Crippen LogP contribution in [-0.4, -0.2) is 9.66 Å². The zero-order valence-corrected chi connectivity index (χ0v) is 7.25. The molecule has 0 saturated heterocycles. The summed E-state index contributed by atoms with van der Waals surface area (Å²) in [7, 11) is 0. The van der Waals surface area contributed by atoms with E-state index in [2.05, 4.69) is 4.98 Å². The lowest BCUT2D eigenvalue weighted by Gasteiger charge is -1.99. The van der Waals surface area contributed by atoms with Crippen LogP contribution in [0.5, 0.6) is 0 Å². The molecule has 0 aromatic carbocycles. The largest absolute Gasteiger partial charge is 0.382 e. The van der Waals surface area contributed by atoms with E-state index >= 15 is 0 Å². The molecule has 1 saturated carbocycles. The van der Waals surface area contributed by atoms with Crippen molar-refractivity contribution in [3.8, 4) is 0 Å². The van der Waals surface area contributed by atoms with Gasteiger partial charge in [0.25, 0.3) is 0 Å². The minimum Gasteiger partial charge on any atom is -0.382 e. The maximum Gasteiger partial charge on any atom is 0.145 e. The Bertz CT molecular complexity index is 298. The van der Waals surface area contributed by atoms with Gasteiger partial charge in [0, 0.05) is 5.92 Å². The SMILES string of the molecule is CCc1nc(C2CC2)n(N)c1N. The predicted octanol–water partition coefficient (Wildman–Crippen LogP) is 0.619. The second kappa shape index (κ2) is 2.40. The molecule has 0 radical (unpaired) electrons. The number of aryl methyl sites for hydroxylation is 1. The average Bonchev–Trinajstić information content (AvgIpc) is 2.84. The fraction of sp³-hybridized carbons (Fsp3) is 0.625. The third-order valence-corrected chi connectivity index (χ3v) is 2.33. The Morgan fingerprint density at radius 2 is 2.25 bits per heavy atom. The molecule has 0 aliphatic heterocycles. The topological polar surface area (TPSA) is 69.9 Å². The normalized spacial score (nSPS) is 16.8. The summed E-state index contributed by atoms with van der Waals surface area (Å²) in [5.41, 5.74) is 6.68. The average molecular weight is 166 g/mol. The summed E-state index contributed by atoms with van der Waals surface area (Å²) in [5.74, 6) is 7.90. The number of hydrogen-bond donors (Lipinski definition) is 2. The van der Waals surface area contributed by atoms with Crippen LogP contribution in [0.3, 0.4) is 0 Å². The van der Waals surface area contributed by atoms with E-state index in [0.29, 0.717) is 11.7 Å². The van der Waals surface area contributed by atoms with Gasteiger partial charge in [-0.25, -0.2) is 9.66 Å². The summed E-state index contributed by atoms with van der Waals surface area (Å²) < 4.78 is 1.54. The van der Waals surface area contributed by atoms with E-state index in [-0.39, 0.29) is 0 Å². The van der Waals surface area contributed by atoms with Gasteiger partial charge >= 0.3 is 0 Å². The molecule has 0 unspecified atom stereocenters. The van der Waals surface area contributed by atoms with Gasteiger partial charge in [-0.3, -0.25) is 0 Å². The number of rotatable bonds is 2. The van der Waals surface area contributed by atoms with Crippen LogP contribution in [0.25, 0.3) is 0 Å². The van der Waals surface area contributed by atoms with Crippen molar-refractivity contribution in [2.45, 2.75) is 32.1 Å². The van der Waals surface area contributed by atoms with E-state index in [1.165, 1.54) is 17.5 Å². The second-order valence-electron chi connectivity index (χ2n) is 3.30. The zero-order chi connectivity index (χ0) is 8.72. The molecule has 1 aliphatic carbocycles. The van der Waals surface area contributed by atoms with Crippen LogP contribution in [0.4, 0.5) is 5.82 Å². The van der Waals surface area contributed by atoms with Gasteiger partial charge in [-0.1, -0.05) is 6.92 Å². The van der Waals surface area contributed by atoms with Gasteiger partial charge in [0.1, 0.15) is 11.6 Å². The van der Waals surface area contributed by atoms with E-state index in [4.69, 9.17) is 11.6 Å². The van der Waals surface area contributed by atoms with Crippen molar-refractivity contribution >= 4 is 5.82 Å². The highest BCUT2D eigenvalue weighted by Gasteiger charge is 2.29. The number of imidazole rings is 1. The first-order valence-corrected chi connectivity index (χ1v) is 4.36. The van der Waals surface area contributed by atoms with Crippen molar-refractivity contribution < 1.29 is 0 Å². The molecule has 12 heavy (non-hydrogen) atoms. The quantitative estimate of drug-likeness (QED) is 0.633. The molecular formula is C8H14N4. The molecule has 1 heterocycles. The number of aromatic nitrogens is 2. The minimum absolute atomic E-state index is 0.567. The summed E-state index contributed by atoms with van der Waals surface area (Å²) in [4.78, 5) is 4.40. The maximum absolute atomic E-state index is 5.75. The summed E-state index contributed by atoms with van der Waals surface area (Å²) in [6.07, 6.45) is 3.27. The Morgan fingerprint density at radius 1 is 1.58 bits per heavy atom. The molecule has 2 rings (SSSR count). The molecule has 0 amide bonds. The highest BCUT2D eigenvalue weighted by molar-refractivity contribution is 5.39. The van der Waals surface area contributed by atoms with E-state index in [1.54, 1.807) is 0 Å². The van der Waals surface area contributed by atoms with E-state index in [1.807, 2.05) is 6.92 Å². The van der Waals surface area contributed by atoms with Gasteiger partial charge in [-0.05, 0) is 19.3 Å². The van der Waals surface area contributed by atoms with Crippen molar-refractivity contribution in [2.24, 2.45) is 0 Å². The van der Waals surface area contributed by atoms with E-state index < -0.39 is 0 Å². The lowest BCUT2D eigenvalue weighted by Crippen LogP contribution is -2.15. The summed E-state index contributed by atoms with van der Waals surface area (Å²) in [5, 5.41) is 0. The summed E-state index contributed by atoms with van der Waals surface area (Å²) >= 11 is 0. The summed E-state index contributed by atoms with van der Waals surface area (Å²) in [6.45, 7) is 2.04. The monoisotopic (exact) mass is 166 g/mol. The molecule has 4 heteroatoms. The van der Waals surface area contributed by atoms with Crippen molar-refractivity contribution in [1.29, 1.82) is 0 Å². The van der Waals surface area contributed by atoms with Crippen LogP contribution in [0.2, 0.25) is 0 Å². The third kappa shape index (κ3) is 0.948. The molecular weight excluding hydrogens is 152 g/mol. The Labute approximate surface area is 71.5 Å². The lowest BCUT2D eigenvalue weighted by molar-refractivity contribution is 0.852. The first-order chi connectivity index (χ1) is 5.74.